The van der Waals surface area contributed by atoms with E-state index in [0.717, 1.165) is 5.75 Å². The molecule has 62 valence electrons. The van der Waals surface area contributed by atoms with Gasteiger partial charge in [0.2, 0.25) is 0 Å². The first kappa shape index (κ1) is 8.62. The summed E-state index contributed by atoms with van der Waals surface area (Å²) in [5.41, 5.74) is 5.60. The van der Waals surface area contributed by atoms with E-state index in [-0.39, 0.29) is 6.04 Å². The first-order chi connectivity index (χ1) is 5.18. The normalized spacial score (nSPS) is 13.4. The fraction of sp³-hybridized carbons (Fsp3) is 0.571. The molecule has 1 heterocycles. The summed E-state index contributed by atoms with van der Waals surface area (Å²) in [6.07, 6.45) is 3.85. The molecule has 1 rings (SSSR count). The lowest BCUT2D eigenvalue weighted by Gasteiger charge is -2.00. The van der Waals surface area contributed by atoms with Crippen molar-refractivity contribution in [2.45, 2.75) is 17.9 Å². The van der Waals surface area contributed by atoms with E-state index in [1.54, 1.807) is 16.4 Å². The Hall–Kier alpha value is -0.480. The number of hydrogen-bond donors (Lipinski definition) is 1. The predicted molar refractivity (Wildman–Crippen MR) is 47.6 cm³/mol. The lowest BCUT2D eigenvalue weighted by molar-refractivity contribution is 0.766. The molecular formula is C7H13N3S. The van der Waals surface area contributed by atoms with Crippen molar-refractivity contribution in [3.05, 3.63) is 12.4 Å². The molecule has 1 aromatic rings. The predicted octanol–water partition coefficient (Wildman–Crippen LogP) is 0.859. The molecule has 3 nitrogen and oxygen atoms in total. The Bertz CT molecular complexity index is 219. The van der Waals surface area contributed by atoms with Crippen molar-refractivity contribution in [2.24, 2.45) is 12.8 Å². The van der Waals surface area contributed by atoms with E-state index >= 15 is 0 Å². The van der Waals surface area contributed by atoms with Gasteiger partial charge in [0.25, 0.3) is 0 Å². The van der Waals surface area contributed by atoms with Gasteiger partial charge in [-0.15, -0.1) is 11.8 Å². The summed E-state index contributed by atoms with van der Waals surface area (Å²) in [4.78, 5) is 1.19. The van der Waals surface area contributed by atoms with Crippen LogP contribution in [-0.2, 0) is 7.05 Å². The third-order valence-electron chi connectivity index (χ3n) is 1.19. The Labute approximate surface area is 71.0 Å². The fourth-order valence-electron chi connectivity index (χ4n) is 0.701. The summed E-state index contributed by atoms with van der Waals surface area (Å²) in [7, 11) is 1.91. The van der Waals surface area contributed by atoms with Crippen LogP contribution in [0.3, 0.4) is 0 Å². The molecule has 0 saturated heterocycles. The number of aromatic nitrogens is 2. The van der Waals surface area contributed by atoms with Crippen molar-refractivity contribution in [3.63, 3.8) is 0 Å². The summed E-state index contributed by atoms with van der Waals surface area (Å²) in [5, 5.41) is 4.05. The number of rotatable bonds is 3. The minimum atomic E-state index is 0.250. The van der Waals surface area contributed by atoms with Crippen molar-refractivity contribution in [1.82, 2.24) is 9.78 Å². The SMILES string of the molecule is C[C@H](N)CSc1cnn(C)c1. The molecule has 0 bridgehead atoms. The van der Waals surface area contributed by atoms with Crippen LogP contribution in [0.4, 0.5) is 0 Å². The Morgan fingerprint density at radius 3 is 3.00 bits per heavy atom. The summed E-state index contributed by atoms with van der Waals surface area (Å²) in [6, 6.07) is 0.250. The van der Waals surface area contributed by atoms with E-state index in [1.165, 1.54) is 4.90 Å². The van der Waals surface area contributed by atoms with Crippen molar-refractivity contribution in [2.75, 3.05) is 5.75 Å². The van der Waals surface area contributed by atoms with Gasteiger partial charge in [0, 0.05) is 29.9 Å². The van der Waals surface area contributed by atoms with Crippen molar-refractivity contribution >= 4 is 11.8 Å². The zero-order valence-electron chi connectivity index (χ0n) is 6.82. The minimum Gasteiger partial charge on any atom is -0.327 e. The zero-order valence-corrected chi connectivity index (χ0v) is 7.64. The summed E-state index contributed by atoms with van der Waals surface area (Å²) in [6.45, 7) is 2.00. The highest BCUT2D eigenvalue weighted by molar-refractivity contribution is 7.99. The Kier molecular flexibility index (Phi) is 2.96. The highest BCUT2D eigenvalue weighted by atomic mass is 32.2. The third kappa shape index (κ3) is 2.95. The molecule has 0 aliphatic carbocycles. The molecule has 0 aliphatic heterocycles. The molecule has 0 unspecified atom stereocenters. The standard InChI is InChI=1S/C7H13N3S/c1-6(8)5-11-7-3-9-10(2)4-7/h3-4,6H,5,8H2,1-2H3/t6-/m0/s1. The van der Waals surface area contributed by atoms with Crippen LogP contribution in [0.1, 0.15) is 6.92 Å². The van der Waals surface area contributed by atoms with Crippen LogP contribution in [0.15, 0.2) is 17.3 Å². The summed E-state index contributed by atoms with van der Waals surface area (Å²) < 4.78 is 1.80. The molecule has 0 spiro atoms. The van der Waals surface area contributed by atoms with Crippen molar-refractivity contribution in [3.8, 4) is 0 Å². The van der Waals surface area contributed by atoms with Crippen molar-refractivity contribution < 1.29 is 0 Å². The maximum absolute atomic E-state index is 5.60. The first-order valence-electron chi connectivity index (χ1n) is 3.55. The van der Waals surface area contributed by atoms with E-state index in [2.05, 4.69) is 5.10 Å². The van der Waals surface area contributed by atoms with E-state index in [4.69, 9.17) is 5.73 Å². The Morgan fingerprint density at radius 2 is 2.55 bits per heavy atom. The largest absolute Gasteiger partial charge is 0.327 e. The average Bonchev–Trinajstić information content (AvgIpc) is 2.31. The summed E-state index contributed by atoms with van der Waals surface area (Å²) >= 11 is 1.74. The monoisotopic (exact) mass is 171 g/mol. The van der Waals surface area contributed by atoms with Gasteiger partial charge >= 0.3 is 0 Å². The molecule has 1 aromatic heterocycles. The van der Waals surface area contributed by atoms with E-state index in [1.807, 2.05) is 26.4 Å². The lowest BCUT2D eigenvalue weighted by Crippen LogP contribution is -2.17. The van der Waals surface area contributed by atoms with Gasteiger partial charge in [0.15, 0.2) is 0 Å². The van der Waals surface area contributed by atoms with Gasteiger partial charge in [0.05, 0.1) is 6.20 Å². The van der Waals surface area contributed by atoms with Crippen LogP contribution in [0.25, 0.3) is 0 Å². The first-order valence-corrected chi connectivity index (χ1v) is 4.54. The molecular weight excluding hydrogens is 158 g/mol. The maximum atomic E-state index is 5.60. The number of nitrogens with two attached hydrogens (primary N) is 1. The highest BCUT2D eigenvalue weighted by Crippen LogP contribution is 2.16. The molecule has 0 aliphatic rings. The Balaban J connectivity index is 2.39. The van der Waals surface area contributed by atoms with E-state index < -0.39 is 0 Å². The molecule has 0 fully saturated rings. The van der Waals surface area contributed by atoms with Gasteiger partial charge in [-0.3, -0.25) is 4.68 Å². The molecule has 1 atom stereocenters. The molecule has 4 heteroatoms. The molecule has 0 saturated carbocycles. The second-order valence-corrected chi connectivity index (χ2v) is 3.73. The molecule has 2 N–H and O–H groups in total. The number of nitrogens with zero attached hydrogens (tertiary/aromatic N) is 2. The molecule has 0 aromatic carbocycles. The van der Waals surface area contributed by atoms with Crippen LogP contribution in [-0.4, -0.2) is 21.6 Å². The van der Waals surface area contributed by atoms with Crippen LogP contribution in [0, 0.1) is 0 Å². The second-order valence-electron chi connectivity index (χ2n) is 2.64. The van der Waals surface area contributed by atoms with Crippen LogP contribution >= 0.6 is 11.8 Å². The molecule has 11 heavy (non-hydrogen) atoms. The lowest BCUT2D eigenvalue weighted by atomic mass is 10.4. The minimum absolute atomic E-state index is 0.250. The van der Waals surface area contributed by atoms with Gasteiger partial charge in [0.1, 0.15) is 0 Å². The van der Waals surface area contributed by atoms with E-state index in [9.17, 15) is 0 Å². The van der Waals surface area contributed by atoms with Crippen LogP contribution < -0.4 is 5.73 Å². The number of aryl methyl sites for hydroxylation is 1. The van der Waals surface area contributed by atoms with Crippen molar-refractivity contribution in [1.29, 1.82) is 0 Å². The third-order valence-corrected chi connectivity index (χ3v) is 2.43. The molecule has 0 amide bonds. The van der Waals surface area contributed by atoms with Crippen LogP contribution in [0.2, 0.25) is 0 Å². The smallest absolute Gasteiger partial charge is 0.0625 e. The topological polar surface area (TPSA) is 43.8 Å². The quantitative estimate of drug-likeness (QED) is 0.686. The fourth-order valence-corrected chi connectivity index (χ4v) is 1.51. The van der Waals surface area contributed by atoms with Gasteiger partial charge in [-0.05, 0) is 6.92 Å². The summed E-state index contributed by atoms with van der Waals surface area (Å²) in [5.74, 6) is 0.950. The zero-order chi connectivity index (χ0) is 8.27. The van der Waals surface area contributed by atoms with Gasteiger partial charge in [-0.25, -0.2) is 0 Å². The number of thioether (sulfide) groups is 1. The molecule has 0 radical (unpaired) electrons. The van der Waals surface area contributed by atoms with Gasteiger partial charge < -0.3 is 5.73 Å². The van der Waals surface area contributed by atoms with E-state index in [0.29, 0.717) is 0 Å². The highest BCUT2D eigenvalue weighted by Gasteiger charge is 1.98. The second kappa shape index (κ2) is 3.78. The number of hydrogen-bond acceptors (Lipinski definition) is 3. The average molecular weight is 171 g/mol. The maximum Gasteiger partial charge on any atom is 0.0625 e. The van der Waals surface area contributed by atoms with Gasteiger partial charge in [-0.1, -0.05) is 0 Å². The van der Waals surface area contributed by atoms with Gasteiger partial charge in [-0.2, -0.15) is 5.10 Å². The van der Waals surface area contributed by atoms with Crippen LogP contribution in [0.5, 0.6) is 0 Å². The Morgan fingerprint density at radius 1 is 1.82 bits per heavy atom.